The summed E-state index contributed by atoms with van der Waals surface area (Å²) in [6.45, 7) is 0. The van der Waals surface area contributed by atoms with E-state index in [-0.39, 0.29) is 10.4 Å². The first-order chi connectivity index (χ1) is 6.97. The third-order valence-corrected chi connectivity index (χ3v) is 2.51. The standard InChI is InChI=1S/C8H5BrClF2NO2/c9-2-3-1-4(10)5(7(11)12)6(13-3)8(14)15/h1,7H,2H2,(H,14,15). The fourth-order valence-corrected chi connectivity index (χ4v) is 1.60. The molecule has 0 unspecified atom stereocenters. The van der Waals surface area contributed by atoms with Crippen molar-refractivity contribution in [3.05, 3.63) is 28.0 Å². The lowest BCUT2D eigenvalue weighted by Crippen LogP contribution is -2.08. The molecule has 0 spiro atoms. The lowest BCUT2D eigenvalue weighted by atomic mass is 10.2. The highest BCUT2D eigenvalue weighted by Crippen LogP contribution is 2.30. The molecule has 15 heavy (non-hydrogen) atoms. The van der Waals surface area contributed by atoms with Crippen molar-refractivity contribution in [3.8, 4) is 0 Å². The number of halogens is 4. The Balaban J connectivity index is 3.42. The first-order valence-corrected chi connectivity index (χ1v) is 5.24. The fraction of sp³-hybridized carbons (Fsp3) is 0.250. The van der Waals surface area contributed by atoms with Crippen molar-refractivity contribution in [1.82, 2.24) is 4.98 Å². The quantitative estimate of drug-likeness (QED) is 0.872. The molecule has 0 amide bonds. The fourth-order valence-electron chi connectivity index (χ4n) is 1.01. The summed E-state index contributed by atoms with van der Waals surface area (Å²) in [5, 5.41) is 8.65. The van der Waals surface area contributed by atoms with E-state index in [0.717, 1.165) is 0 Å². The van der Waals surface area contributed by atoms with Crippen LogP contribution in [0.15, 0.2) is 6.07 Å². The van der Waals surface area contributed by atoms with E-state index in [9.17, 15) is 13.6 Å². The Morgan fingerprint density at radius 1 is 1.67 bits per heavy atom. The highest BCUT2D eigenvalue weighted by atomic mass is 79.9. The second kappa shape index (κ2) is 4.85. The van der Waals surface area contributed by atoms with E-state index in [2.05, 4.69) is 20.9 Å². The maximum atomic E-state index is 12.5. The Morgan fingerprint density at radius 3 is 2.67 bits per heavy atom. The maximum Gasteiger partial charge on any atom is 0.355 e. The number of alkyl halides is 3. The van der Waals surface area contributed by atoms with Crippen LogP contribution >= 0.6 is 27.5 Å². The summed E-state index contributed by atoms with van der Waals surface area (Å²) in [7, 11) is 0. The Labute approximate surface area is 97.2 Å². The van der Waals surface area contributed by atoms with Gasteiger partial charge in [-0.2, -0.15) is 0 Å². The molecular weight excluding hydrogens is 295 g/mol. The molecule has 0 aliphatic heterocycles. The largest absolute Gasteiger partial charge is 0.476 e. The van der Waals surface area contributed by atoms with Crippen molar-refractivity contribution >= 4 is 33.5 Å². The summed E-state index contributed by atoms with van der Waals surface area (Å²) in [6.07, 6.45) is -2.96. The van der Waals surface area contributed by atoms with Crippen molar-refractivity contribution in [2.24, 2.45) is 0 Å². The number of pyridine rings is 1. The van der Waals surface area contributed by atoms with Crippen molar-refractivity contribution in [3.63, 3.8) is 0 Å². The van der Waals surface area contributed by atoms with Gasteiger partial charge >= 0.3 is 5.97 Å². The molecule has 0 fully saturated rings. The number of nitrogens with zero attached hydrogens (tertiary/aromatic N) is 1. The van der Waals surface area contributed by atoms with Gasteiger partial charge in [-0.25, -0.2) is 18.6 Å². The second-order valence-electron chi connectivity index (χ2n) is 2.60. The van der Waals surface area contributed by atoms with Gasteiger partial charge in [-0.05, 0) is 6.07 Å². The van der Waals surface area contributed by atoms with E-state index in [4.69, 9.17) is 16.7 Å². The molecule has 0 bridgehead atoms. The average Bonchev–Trinajstić information content (AvgIpc) is 2.15. The third kappa shape index (κ3) is 2.63. The number of aromatic nitrogens is 1. The molecule has 0 radical (unpaired) electrons. The first-order valence-electron chi connectivity index (χ1n) is 3.74. The van der Waals surface area contributed by atoms with E-state index in [0.29, 0.717) is 5.69 Å². The van der Waals surface area contributed by atoms with E-state index in [1.165, 1.54) is 6.07 Å². The SMILES string of the molecule is O=C(O)c1nc(CBr)cc(Cl)c1C(F)F. The molecule has 0 atom stereocenters. The molecule has 3 nitrogen and oxygen atoms in total. The zero-order valence-electron chi connectivity index (χ0n) is 7.18. The average molecular weight is 300 g/mol. The van der Waals surface area contributed by atoms with Crippen LogP contribution in [-0.4, -0.2) is 16.1 Å². The molecule has 1 N–H and O–H groups in total. The molecule has 0 aliphatic carbocycles. The molecule has 7 heteroatoms. The van der Waals surface area contributed by atoms with Crippen LogP contribution in [0.25, 0.3) is 0 Å². The van der Waals surface area contributed by atoms with Gasteiger partial charge in [0.2, 0.25) is 0 Å². The zero-order valence-corrected chi connectivity index (χ0v) is 9.52. The highest BCUT2D eigenvalue weighted by Gasteiger charge is 2.23. The second-order valence-corrected chi connectivity index (χ2v) is 3.57. The summed E-state index contributed by atoms with van der Waals surface area (Å²) in [6, 6.07) is 1.21. The lowest BCUT2D eigenvalue weighted by molar-refractivity contribution is 0.0677. The van der Waals surface area contributed by atoms with Crippen LogP contribution in [0.1, 0.15) is 28.2 Å². The molecule has 1 aromatic heterocycles. The lowest BCUT2D eigenvalue weighted by Gasteiger charge is -2.08. The van der Waals surface area contributed by atoms with Gasteiger partial charge in [-0.1, -0.05) is 27.5 Å². The molecule has 0 saturated carbocycles. The summed E-state index contributed by atoms with van der Waals surface area (Å²) in [5.41, 5.74) is -1.15. The predicted octanol–water partition coefficient (Wildman–Crippen LogP) is 3.27. The highest BCUT2D eigenvalue weighted by molar-refractivity contribution is 9.08. The van der Waals surface area contributed by atoms with Crippen molar-refractivity contribution in [1.29, 1.82) is 0 Å². The number of carbonyl (C=O) groups is 1. The number of rotatable bonds is 3. The normalized spacial score (nSPS) is 10.7. The van der Waals surface area contributed by atoms with E-state index >= 15 is 0 Å². The Bertz CT molecular complexity index is 400. The van der Waals surface area contributed by atoms with Crippen LogP contribution in [0.5, 0.6) is 0 Å². The van der Waals surface area contributed by atoms with Gasteiger partial charge in [0.1, 0.15) is 0 Å². The molecule has 0 saturated heterocycles. The van der Waals surface area contributed by atoms with E-state index in [1.54, 1.807) is 0 Å². The molecule has 0 aromatic carbocycles. The molecule has 0 aliphatic rings. The maximum absolute atomic E-state index is 12.5. The van der Waals surface area contributed by atoms with Crippen LogP contribution in [0.4, 0.5) is 8.78 Å². The molecule has 1 heterocycles. The van der Waals surface area contributed by atoms with Crippen LogP contribution in [0.2, 0.25) is 5.02 Å². The van der Waals surface area contributed by atoms with E-state index in [1.807, 2.05) is 0 Å². The zero-order chi connectivity index (χ0) is 11.6. The number of aromatic carboxylic acids is 1. The van der Waals surface area contributed by atoms with Crippen LogP contribution in [-0.2, 0) is 5.33 Å². The third-order valence-electron chi connectivity index (χ3n) is 1.62. The Hall–Kier alpha value is -0.750. The molecular formula is C8H5BrClF2NO2. The van der Waals surface area contributed by atoms with Crippen molar-refractivity contribution < 1.29 is 18.7 Å². The molecule has 1 aromatic rings. The monoisotopic (exact) mass is 299 g/mol. The van der Waals surface area contributed by atoms with Gasteiger partial charge < -0.3 is 5.11 Å². The Kier molecular flexibility index (Phi) is 3.98. The van der Waals surface area contributed by atoms with Gasteiger partial charge in [-0.3, -0.25) is 0 Å². The molecule has 1 rings (SSSR count). The summed E-state index contributed by atoms with van der Waals surface area (Å²) >= 11 is 8.58. The minimum Gasteiger partial charge on any atom is -0.476 e. The minimum absolute atomic E-state index is 0.247. The van der Waals surface area contributed by atoms with Gasteiger partial charge in [-0.15, -0.1) is 0 Å². The summed E-state index contributed by atoms with van der Waals surface area (Å²) < 4.78 is 25.0. The van der Waals surface area contributed by atoms with Crippen LogP contribution in [0.3, 0.4) is 0 Å². The number of carboxylic acid groups (broad SMARTS) is 1. The number of hydrogen-bond donors (Lipinski definition) is 1. The topological polar surface area (TPSA) is 50.2 Å². The number of hydrogen-bond acceptors (Lipinski definition) is 2. The minimum atomic E-state index is -2.96. The molecule has 82 valence electrons. The van der Waals surface area contributed by atoms with Crippen LogP contribution < -0.4 is 0 Å². The number of carboxylic acids is 1. The van der Waals surface area contributed by atoms with Gasteiger partial charge in [0.25, 0.3) is 6.43 Å². The van der Waals surface area contributed by atoms with Gasteiger partial charge in [0.15, 0.2) is 5.69 Å². The summed E-state index contributed by atoms with van der Waals surface area (Å²) in [5.74, 6) is -1.52. The van der Waals surface area contributed by atoms with Crippen molar-refractivity contribution in [2.45, 2.75) is 11.8 Å². The van der Waals surface area contributed by atoms with Crippen molar-refractivity contribution in [2.75, 3.05) is 0 Å². The predicted molar refractivity (Wildman–Crippen MR) is 53.8 cm³/mol. The Morgan fingerprint density at radius 2 is 2.27 bits per heavy atom. The summed E-state index contributed by atoms with van der Waals surface area (Å²) in [4.78, 5) is 14.2. The van der Waals surface area contributed by atoms with Gasteiger partial charge in [0.05, 0.1) is 16.3 Å². The van der Waals surface area contributed by atoms with E-state index < -0.39 is 23.7 Å². The van der Waals surface area contributed by atoms with Gasteiger partial charge in [0, 0.05) is 5.33 Å². The smallest absolute Gasteiger partial charge is 0.355 e. The van der Waals surface area contributed by atoms with Crippen LogP contribution in [0, 0.1) is 0 Å². The first kappa shape index (κ1) is 12.3.